The molecule has 151 valence electrons. The fraction of sp³-hybridized carbons (Fsp3) is 0. The maximum atomic E-state index is 4.22. The second kappa shape index (κ2) is 8.02. The van der Waals surface area contributed by atoms with Crippen molar-refractivity contribution in [1.29, 1.82) is 0 Å². The maximum Gasteiger partial charge on any atom is 0.0248 e. The van der Waals surface area contributed by atoms with Crippen molar-refractivity contribution in [3.05, 3.63) is 116 Å². The molecule has 2 heteroatoms. The molecule has 0 bridgehead atoms. The smallest absolute Gasteiger partial charge is 0.0248 e. The van der Waals surface area contributed by atoms with E-state index in [1.54, 1.807) is 0 Å². The van der Waals surface area contributed by atoms with Gasteiger partial charge in [-0.15, -0.1) is 28.3 Å². The van der Waals surface area contributed by atoms with E-state index in [1.165, 1.54) is 43.1 Å². The van der Waals surface area contributed by atoms with Gasteiger partial charge < -0.3 is 0 Å². The van der Waals surface area contributed by atoms with Crippen molar-refractivity contribution >= 4 is 53.9 Å². The molecule has 6 aromatic carbocycles. The van der Waals surface area contributed by atoms with Gasteiger partial charge in [-0.25, -0.2) is 11.1 Å². The Labute approximate surface area is 217 Å². The molecule has 7 aromatic rings. The van der Waals surface area contributed by atoms with Crippen LogP contribution >= 0.6 is 0 Å². The predicted octanol–water partition coefficient (Wildman–Crippen LogP) is 8.11. The van der Waals surface area contributed by atoms with Gasteiger partial charge in [0.1, 0.15) is 0 Å². The SMILES string of the molecule is [Y].[c-]1cc2cnccc2cc1-c1[c-]ccc2cc3cc4cc5ccccc5cc4cc3cc12. The second-order valence-electron chi connectivity index (χ2n) is 8.39. The van der Waals surface area contributed by atoms with E-state index in [-0.39, 0.29) is 32.7 Å². The van der Waals surface area contributed by atoms with Crippen LogP contribution in [0.1, 0.15) is 0 Å². The van der Waals surface area contributed by atoms with Gasteiger partial charge in [0.05, 0.1) is 0 Å². The fourth-order valence-electron chi connectivity index (χ4n) is 4.80. The number of hydrogen-bond acceptors (Lipinski definition) is 1. The van der Waals surface area contributed by atoms with Gasteiger partial charge >= 0.3 is 0 Å². The van der Waals surface area contributed by atoms with E-state index in [4.69, 9.17) is 0 Å². The molecule has 0 N–H and O–H groups in total. The van der Waals surface area contributed by atoms with Gasteiger partial charge in [0.2, 0.25) is 0 Å². The van der Waals surface area contributed by atoms with Crippen LogP contribution in [-0.2, 0) is 32.7 Å². The molecule has 0 saturated carbocycles. The quantitative estimate of drug-likeness (QED) is 0.167. The van der Waals surface area contributed by atoms with Crippen LogP contribution in [-0.4, -0.2) is 4.98 Å². The van der Waals surface area contributed by atoms with Gasteiger partial charge in [-0.1, -0.05) is 47.9 Å². The number of pyridine rings is 1. The van der Waals surface area contributed by atoms with E-state index in [2.05, 4.69) is 89.9 Å². The molecule has 7 rings (SSSR count). The van der Waals surface area contributed by atoms with Crippen LogP contribution in [0.25, 0.3) is 65.0 Å². The second-order valence-corrected chi connectivity index (χ2v) is 8.39. The monoisotopic (exact) mass is 492 g/mol. The molecule has 0 spiro atoms. The Kier molecular flexibility index (Phi) is 4.98. The Morgan fingerprint density at radius 2 is 1.18 bits per heavy atom. The van der Waals surface area contributed by atoms with Crippen LogP contribution in [0, 0.1) is 12.1 Å². The number of fused-ring (bicyclic) bond motifs is 5. The molecule has 0 aliphatic heterocycles. The molecule has 0 unspecified atom stereocenters. The van der Waals surface area contributed by atoms with Gasteiger partial charge in [-0.3, -0.25) is 4.98 Å². The average Bonchev–Trinajstić information content (AvgIpc) is 2.84. The van der Waals surface area contributed by atoms with Gasteiger partial charge in [0.25, 0.3) is 0 Å². The summed E-state index contributed by atoms with van der Waals surface area (Å²) in [5.74, 6) is 0. The van der Waals surface area contributed by atoms with E-state index in [9.17, 15) is 0 Å². The van der Waals surface area contributed by atoms with Gasteiger partial charge in [0.15, 0.2) is 0 Å². The molecule has 0 atom stereocenters. The predicted molar refractivity (Wildman–Crippen MR) is 135 cm³/mol. The van der Waals surface area contributed by atoms with E-state index < -0.39 is 0 Å². The Morgan fingerprint density at radius 1 is 0.545 bits per heavy atom. The van der Waals surface area contributed by atoms with Crippen molar-refractivity contribution in [2.45, 2.75) is 0 Å². The number of hydrogen-bond donors (Lipinski definition) is 0. The number of aromatic nitrogens is 1. The number of benzene rings is 6. The third-order valence-electron chi connectivity index (χ3n) is 6.43. The van der Waals surface area contributed by atoms with E-state index in [1.807, 2.05) is 30.6 Å². The first-order valence-electron chi connectivity index (χ1n) is 10.8. The fourth-order valence-corrected chi connectivity index (χ4v) is 4.80. The molecule has 0 saturated heterocycles. The maximum absolute atomic E-state index is 4.22. The molecule has 1 aromatic heterocycles. The van der Waals surface area contributed by atoms with Crippen LogP contribution in [0.3, 0.4) is 0 Å². The molecule has 1 heterocycles. The van der Waals surface area contributed by atoms with Crippen LogP contribution < -0.4 is 0 Å². The molecule has 0 aliphatic rings. The Balaban J connectivity index is 0.00000206. The van der Waals surface area contributed by atoms with Crippen LogP contribution in [0.5, 0.6) is 0 Å². The first kappa shape index (κ1) is 20.5. The topological polar surface area (TPSA) is 12.9 Å². The zero-order valence-electron chi connectivity index (χ0n) is 17.8. The number of nitrogens with zero attached hydrogens (tertiary/aromatic N) is 1. The Hall–Kier alpha value is -3.13. The number of rotatable bonds is 1. The molecule has 1 nitrogen and oxygen atoms in total. The first-order valence-corrected chi connectivity index (χ1v) is 10.8. The third kappa shape index (κ3) is 3.44. The largest absolute Gasteiger partial charge is 0.274 e. The van der Waals surface area contributed by atoms with Gasteiger partial charge in [-0.2, -0.15) is 24.3 Å². The van der Waals surface area contributed by atoms with Crippen LogP contribution in [0.2, 0.25) is 0 Å². The summed E-state index contributed by atoms with van der Waals surface area (Å²) in [6.45, 7) is 0. The first-order chi connectivity index (χ1) is 15.8. The van der Waals surface area contributed by atoms with Crippen molar-refractivity contribution in [3.63, 3.8) is 0 Å². The summed E-state index contributed by atoms with van der Waals surface area (Å²) in [4.78, 5) is 4.22. The molecule has 1 radical (unpaired) electrons. The van der Waals surface area contributed by atoms with Gasteiger partial charge in [0, 0.05) is 38.9 Å². The van der Waals surface area contributed by atoms with Crippen LogP contribution in [0.15, 0.2) is 103 Å². The minimum absolute atomic E-state index is 0. The minimum atomic E-state index is 0. The molecule has 0 amide bonds. The van der Waals surface area contributed by atoms with E-state index in [0.29, 0.717) is 0 Å². The summed E-state index contributed by atoms with van der Waals surface area (Å²) in [6, 6.07) is 39.7. The molecular weight excluding hydrogens is 475 g/mol. The third-order valence-corrected chi connectivity index (χ3v) is 6.43. The summed E-state index contributed by atoms with van der Waals surface area (Å²) in [5, 5.41) is 12.3. The van der Waals surface area contributed by atoms with Crippen LogP contribution in [0.4, 0.5) is 0 Å². The zero-order valence-corrected chi connectivity index (χ0v) is 20.7. The summed E-state index contributed by atoms with van der Waals surface area (Å²) in [6.07, 6.45) is 3.71. The summed E-state index contributed by atoms with van der Waals surface area (Å²) < 4.78 is 0. The normalized spacial score (nSPS) is 11.4. The molecule has 0 fully saturated rings. The average molecular weight is 492 g/mol. The molecular formula is C31H17NY-2. The zero-order chi connectivity index (χ0) is 21.1. The standard InChI is InChI=1S/C31H17N.Y/c1-2-5-21-14-27-17-29-18-31-23(15-28(29)16-26(27)13-20(21)4-1)6-3-7-30(31)24-8-9-25-19-32-11-10-22(25)12-24;/h1-6,9-19H;/q-2;. The van der Waals surface area contributed by atoms with Crippen molar-refractivity contribution in [2.24, 2.45) is 0 Å². The molecule has 33 heavy (non-hydrogen) atoms. The summed E-state index contributed by atoms with van der Waals surface area (Å²) in [5.41, 5.74) is 2.14. The van der Waals surface area contributed by atoms with E-state index in [0.717, 1.165) is 21.9 Å². The van der Waals surface area contributed by atoms with Crippen molar-refractivity contribution in [3.8, 4) is 11.1 Å². The minimum Gasteiger partial charge on any atom is -0.274 e. The summed E-state index contributed by atoms with van der Waals surface area (Å²) >= 11 is 0. The van der Waals surface area contributed by atoms with Gasteiger partial charge in [-0.05, 0) is 62.8 Å². The van der Waals surface area contributed by atoms with E-state index >= 15 is 0 Å². The molecule has 0 aliphatic carbocycles. The van der Waals surface area contributed by atoms with Crippen molar-refractivity contribution < 1.29 is 32.7 Å². The Bertz CT molecular complexity index is 1830. The summed E-state index contributed by atoms with van der Waals surface area (Å²) in [7, 11) is 0. The van der Waals surface area contributed by atoms with Crippen molar-refractivity contribution in [2.75, 3.05) is 0 Å². The Morgan fingerprint density at radius 3 is 1.94 bits per heavy atom. The van der Waals surface area contributed by atoms with Crippen molar-refractivity contribution in [1.82, 2.24) is 4.98 Å².